The molecule has 0 radical (unpaired) electrons. The maximum absolute atomic E-state index is 11.6. The Balaban J connectivity index is 0. The highest BCUT2D eigenvalue weighted by Gasteiger charge is 2.35. The molecule has 1 unspecified atom stereocenters. The fourth-order valence-corrected chi connectivity index (χ4v) is 0.501. The van der Waals surface area contributed by atoms with Crippen molar-refractivity contribution >= 4 is 12.4 Å². The van der Waals surface area contributed by atoms with E-state index in [0.717, 1.165) is 0 Å². The van der Waals surface area contributed by atoms with Crippen LogP contribution in [0, 0.1) is 0 Å². The van der Waals surface area contributed by atoms with Crippen LogP contribution < -0.4 is 11.5 Å². The number of alkyl halides is 3. The van der Waals surface area contributed by atoms with E-state index in [1.807, 2.05) is 0 Å². The van der Waals surface area contributed by atoms with E-state index in [9.17, 15) is 13.2 Å². The second kappa shape index (κ2) is 5.62. The molecule has 11 heavy (non-hydrogen) atoms. The molecule has 2 nitrogen and oxygen atoms in total. The molecule has 0 spiro atoms. The van der Waals surface area contributed by atoms with Crippen molar-refractivity contribution in [3.05, 3.63) is 0 Å². The van der Waals surface area contributed by atoms with Gasteiger partial charge in [0.1, 0.15) is 6.04 Å². The van der Waals surface area contributed by atoms with Crippen molar-refractivity contribution < 1.29 is 13.2 Å². The van der Waals surface area contributed by atoms with Crippen LogP contribution in [0.15, 0.2) is 0 Å². The monoisotopic (exact) mass is 192 g/mol. The predicted octanol–water partition coefficient (Wildman–Crippen LogP) is 1.04. The second-order valence-corrected chi connectivity index (χ2v) is 2.08. The Morgan fingerprint density at radius 2 is 1.73 bits per heavy atom. The normalized spacial score (nSPS) is 13.9. The van der Waals surface area contributed by atoms with E-state index in [1.165, 1.54) is 0 Å². The van der Waals surface area contributed by atoms with Crippen molar-refractivity contribution in [1.82, 2.24) is 0 Å². The molecule has 0 aromatic carbocycles. The van der Waals surface area contributed by atoms with E-state index in [2.05, 4.69) is 0 Å². The molecule has 0 amide bonds. The SMILES string of the molecule is Cl.NCCCC(N)C(F)(F)F. The van der Waals surface area contributed by atoms with Crippen molar-refractivity contribution in [1.29, 1.82) is 0 Å². The fraction of sp³-hybridized carbons (Fsp3) is 1.00. The summed E-state index contributed by atoms with van der Waals surface area (Å²) < 4.78 is 34.8. The Morgan fingerprint density at radius 1 is 1.27 bits per heavy atom. The molecule has 0 rings (SSSR count). The molecule has 0 aromatic rings. The van der Waals surface area contributed by atoms with Crippen molar-refractivity contribution in [2.45, 2.75) is 25.1 Å². The second-order valence-electron chi connectivity index (χ2n) is 2.08. The molecule has 0 saturated heterocycles. The molecule has 70 valence electrons. The molecular formula is C5H12ClF3N2. The average molecular weight is 193 g/mol. The van der Waals surface area contributed by atoms with Crippen LogP contribution in [0.5, 0.6) is 0 Å². The molecule has 0 heterocycles. The number of hydrogen-bond donors (Lipinski definition) is 2. The van der Waals surface area contributed by atoms with Crippen LogP contribution in [0.2, 0.25) is 0 Å². The van der Waals surface area contributed by atoms with E-state index < -0.39 is 12.2 Å². The van der Waals surface area contributed by atoms with E-state index in [-0.39, 0.29) is 25.4 Å². The first-order chi connectivity index (χ1) is 4.48. The summed E-state index contributed by atoms with van der Waals surface area (Å²) in [6.45, 7) is 0.254. The van der Waals surface area contributed by atoms with Gasteiger partial charge in [-0.1, -0.05) is 0 Å². The fourth-order valence-electron chi connectivity index (χ4n) is 0.501. The minimum Gasteiger partial charge on any atom is -0.330 e. The van der Waals surface area contributed by atoms with Crippen molar-refractivity contribution in [3.63, 3.8) is 0 Å². The lowest BCUT2D eigenvalue weighted by Crippen LogP contribution is -2.37. The maximum Gasteiger partial charge on any atom is 0.403 e. The summed E-state index contributed by atoms with van der Waals surface area (Å²) in [7, 11) is 0. The summed E-state index contributed by atoms with van der Waals surface area (Å²) in [5, 5.41) is 0. The number of halogens is 4. The average Bonchev–Trinajstić information content (AvgIpc) is 1.80. The Labute approximate surface area is 69.5 Å². The van der Waals surface area contributed by atoms with E-state index >= 15 is 0 Å². The van der Waals surface area contributed by atoms with E-state index in [0.29, 0.717) is 6.42 Å². The molecule has 0 aliphatic carbocycles. The van der Waals surface area contributed by atoms with Gasteiger partial charge in [0, 0.05) is 0 Å². The highest BCUT2D eigenvalue weighted by molar-refractivity contribution is 5.85. The number of nitrogens with two attached hydrogens (primary N) is 2. The van der Waals surface area contributed by atoms with Gasteiger partial charge in [0.15, 0.2) is 0 Å². The number of hydrogen-bond acceptors (Lipinski definition) is 2. The molecule has 1 atom stereocenters. The Morgan fingerprint density at radius 3 is 2.00 bits per heavy atom. The van der Waals surface area contributed by atoms with Crippen LogP contribution in [-0.2, 0) is 0 Å². The van der Waals surface area contributed by atoms with Gasteiger partial charge < -0.3 is 11.5 Å². The van der Waals surface area contributed by atoms with Crippen LogP contribution in [-0.4, -0.2) is 18.8 Å². The maximum atomic E-state index is 11.6. The zero-order valence-electron chi connectivity index (χ0n) is 5.90. The van der Waals surface area contributed by atoms with Crippen molar-refractivity contribution in [2.24, 2.45) is 11.5 Å². The molecule has 4 N–H and O–H groups in total. The quantitative estimate of drug-likeness (QED) is 0.702. The number of rotatable bonds is 3. The van der Waals surface area contributed by atoms with E-state index in [1.54, 1.807) is 0 Å². The van der Waals surface area contributed by atoms with Crippen molar-refractivity contribution in [3.8, 4) is 0 Å². The summed E-state index contributed by atoms with van der Waals surface area (Å²) in [4.78, 5) is 0. The molecule has 0 aromatic heterocycles. The highest BCUT2D eigenvalue weighted by atomic mass is 35.5. The van der Waals surface area contributed by atoms with Crippen LogP contribution in [0.4, 0.5) is 13.2 Å². The summed E-state index contributed by atoms with van der Waals surface area (Å²) in [5.74, 6) is 0. The topological polar surface area (TPSA) is 52.0 Å². The largest absolute Gasteiger partial charge is 0.403 e. The summed E-state index contributed by atoms with van der Waals surface area (Å²) in [5.41, 5.74) is 9.75. The van der Waals surface area contributed by atoms with Crippen LogP contribution >= 0.6 is 12.4 Å². The van der Waals surface area contributed by atoms with Crippen LogP contribution in [0.1, 0.15) is 12.8 Å². The van der Waals surface area contributed by atoms with Crippen molar-refractivity contribution in [2.75, 3.05) is 6.54 Å². The first kappa shape index (κ1) is 13.6. The lowest BCUT2D eigenvalue weighted by molar-refractivity contribution is -0.148. The van der Waals surface area contributed by atoms with Crippen LogP contribution in [0.25, 0.3) is 0 Å². The van der Waals surface area contributed by atoms with Gasteiger partial charge in [-0.2, -0.15) is 13.2 Å². The lowest BCUT2D eigenvalue weighted by atomic mass is 10.1. The predicted molar refractivity (Wildman–Crippen MR) is 39.6 cm³/mol. The molecule has 0 fully saturated rings. The summed E-state index contributed by atoms with van der Waals surface area (Å²) >= 11 is 0. The van der Waals surface area contributed by atoms with Crippen LogP contribution in [0.3, 0.4) is 0 Å². The van der Waals surface area contributed by atoms with Gasteiger partial charge in [0.2, 0.25) is 0 Å². The van der Waals surface area contributed by atoms with Gasteiger partial charge in [0.05, 0.1) is 0 Å². The molecule has 0 saturated carbocycles. The summed E-state index contributed by atoms with van der Waals surface area (Å²) in [6, 6.07) is -1.71. The van der Waals surface area contributed by atoms with Gasteiger partial charge in [-0.05, 0) is 19.4 Å². The smallest absolute Gasteiger partial charge is 0.330 e. The van der Waals surface area contributed by atoms with Gasteiger partial charge >= 0.3 is 6.18 Å². The molecule has 0 aliphatic rings. The Hall–Kier alpha value is -0.0000000000000000555. The third-order valence-electron chi connectivity index (χ3n) is 1.14. The third-order valence-corrected chi connectivity index (χ3v) is 1.14. The van der Waals surface area contributed by atoms with Gasteiger partial charge in [0.25, 0.3) is 0 Å². The van der Waals surface area contributed by atoms with Gasteiger partial charge in [-0.25, -0.2) is 0 Å². The summed E-state index contributed by atoms with van der Waals surface area (Å²) in [6.07, 6.45) is -4.03. The molecule has 6 heteroatoms. The van der Waals surface area contributed by atoms with Gasteiger partial charge in [-0.3, -0.25) is 0 Å². The lowest BCUT2D eigenvalue weighted by Gasteiger charge is -2.14. The molecular weight excluding hydrogens is 181 g/mol. The first-order valence-electron chi connectivity index (χ1n) is 3.01. The first-order valence-corrected chi connectivity index (χ1v) is 3.01. The highest BCUT2D eigenvalue weighted by Crippen LogP contribution is 2.20. The molecule has 0 aliphatic heterocycles. The minimum atomic E-state index is -4.27. The Bertz CT molecular complexity index is 96.2. The zero-order valence-corrected chi connectivity index (χ0v) is 6.71. The Kier molecular flexibility index (Phi) is 6.94. The molecule has 0 bridgehead atoms. The van der Waals surface area contributed by atoms with E-state index in [4.69, 9.17) is 11.5 Å². The zero-order chi connectivity index (χ0) is 8.20. The van der Waals surface area contributed by atoms with Gasteiger partial charge in [-0.15, -0.1) is 12.4 Å². The standard InChI is InChI=1S/C5H11F3N2.ClH/c6-5(7,8)4(10)2-1-3-9;/h4H,1-3,9-10H2;1H. The third kappa shape index (κ3) is 6.40. The minimum absolute atomic E-state index is 0.